The summed E-state index contributed by atoms with van der Waals surface area (Å²) in [5, 5.41) is 9.06. The van der Waals surface area contributed by atoms with Crippen molar-refractivity contribution in [2.75, 3.05) is 0 Å². The first-order chi connectivity index (χ1) is 9.61. The molecule has 0 fully saturated rings. The monoisotopic (exact) mass is 274 g/mol. The molecule has 4 nitrogen and oxygen atoms in total. The highest BCUT2D eigenvalue weighted by molar-refractivity contribution is 5.70. The molecule has 0 amide bonds. The predicted octanol–water partition coefficient (Wildman–Crippen LogP) is 2.26. The van der Waals surface area contributed by atoms with E-state index >= 15 is 0 Å². The van der Waals surface area contributed by atoms with E-state index in [2.05, 4.69) is 4.98 Å². The number of halogens is 1. The van der Waals surface area contributed by atoms with Gasteiger partial charge in [-0.05, 0) is 24.1 Å². The van der Waals surface area contributed by atoms with Crippen LogP contribution in [0.1, 0.15) is 23.5 Å². The Balaban J connectivity index is 1.79. The van der Waals surface area contributed by atoms with Crippen LogP contribution in [0, 0.1) is 11.7 Å². The van der Waals surface area contributed by atoms with Gasteiger partial charge in [-0.3, -0.25) is 4.79 Å². The van der Waals surface area contributed by atoms with Gasteiger partial charge in [-0.15, -0.1) is 0 Å². The molecule has 104 valence electrons. The number of aromatic nitrogens is 2. The van der Waals surface area contributed by atoms with E-state index in [0.717, 1.165) is 17.1 Å². The smallest absolute Gasteiger partial charge is 0.307 e. The summed E-state index contributed by atoms with van der Waals surface area (Å²) in [4.78, 5) is 15.5. The predicted molar refractivity (Wildman–Crippen MR) is 70.9 cm³/mol. The largest absolute Gasteiger partial charge is 0.481 e. The first-order valence-electron chi connectivity index (χ1n) is 6.64. The molecule has 1 aromatic carbocycles. The van der Waals surface area contributed by atoms with Gasteiger partial charge in [-0.2, -0.15) is 0 Å². The van der Waals surface area contributed by atoms with E-state index in [1.165, 1.54) is 12.1 Å². The lowest BCUT2D eigenvalue weighted by Crippen LogP contribution is -2.25. The lowest BCUT2D eigenvalue weighted by Gasteiger charge is -2.19. The van der Waals surface area contributed by atoms with Gasteiger partial charge in [0.05, 0.1) is 11.6 Å². The summed E-state index contributed by atoms with van der Waals surface area (Å²) >= 11 is 0. The molecule has 1 unspecified atom stereocenters. The fourth-order valence-corrected chi connectivity index (χ4v) is 2.64. The third-order valence-corrected chi connectivity index (χ3v) is 3.68. The standard InChI is InChI=1S/C15H15FN2O2/c16-12-3-1-2-10(6-12)7-13-9-18-5-4-11(15(19)20)8-14(18)17-13/h1-3,6,9,11H,4-5,7-8H2,(H,19,20). The van der Waals surface area contributed by atoms with E-state index in [1.807, 2.05) is 16.8 Å². The highest BCUT2D eigenvalue weighted by Gasteiger charge is 2.25. The molecular weight excluding hydrogens is 259 g/mol. The molecular formula is C15H15FN2O2. The van der Waals surface area contributed by atoms with Gasteiger partial charge in [0.15, 0.2) is 0 Å². The van der Waals surface area contributed by atoms with Crippen LogP contribution < -0.4 is 0 Å². The van der Waals surface area contributed by atoms with Crippen molar-refractivity contribution < 1.29 is 14.3 Å². The van der Waals surface area contributed by atoms with Crippen LogP contribution in [0.3, 0.4) is 0 Å². The lowest BCUT2D eigenvalue weighted by atomic mass is 9.98. The van der Waals surface area contributed by atoms with Gasteiger partial charge in [0, 0.05) is 25.6 Å². The Morgan fingerprint density at radius 2 is 2.35 bits per heavy atom. The minimum Gasteiger partial charge on any atom is -0.481 e. The fourth-order valence-electron chi connectivity index (χ4n) is 2.64. The van der Waals surface area contributed by atoms with E-state index in [4.69, 9.17) is 5.11 Å². The Labute approximate surface area is 115 Å². The molecule has 0 spiro atoms. The van der Waals surface area contributed by atoms with Gasteiger partial charge in [0.25, 0.3) is 0 Å². The molecule has 1 aliphatic rings. The number of imidazole rings is 1. The van der Waals surface area contributed by atoms with Gasteiger partial charge < -0.3 is 9.67 Å². The SMILES string of the molecule is O=C(O)C1CCn2cc(Cc3cccc(F)c3)nc2C1. The third kappa shape index (κ3) is 2.57. The molecule has 2 heterocycles. The number of aryl methyl sites for hydroxylation is 1. The van der Waals surface area contributed by atoms with Crippen LogP contribution in [0.25, 0.3) is 0 Å². The number of carbonyl (C=O) groups is 1. The fraction of sp³-hybridized carbons (Fsp3) is 0.333. The Hall–Kier alpha value is -2.17. The van der Waals surface area contributed by atoms with Crippen LogP contribution in [0.2, 0.25) is 0 Å². The van der Waals surface area contributed by atoms with Crippen LogP contribution >= 0.6 is 0 Å². The van der Waals surface area contributed by atoms with E-state index in [-0.39, 0.29) is 11.7 Å². The van der Waals surface area contributed by atoms with Crippen LogP contribution in [0.4, 0.5) is 4.39 Å². The molecule has 1 atom stereocenters. The van der Waals surface area contributed by atoms with E-state index in [9.17, 15) is 9.18 Å². The lowest BCUT2D eigenvalue weighted by molar-refractivity contribution is -0.142. The highest BCUT2D eigenvalue weighted by Crippen LogP contribution is 2.21. The van der Waals surface area contributed by atoms with Crippen molar-refractivity contribution in [3.63, 3.8) is 0 Å². The second-order valence-corrected chi connectivity index (χ2v) is 5.18. The van der Waals surface area contributed by atoms with Crippen molar-refractivity contribution in [1.82, 2.24) is 9.55 Å². The minimum atomic E-state index is -0.758. The van der Waals surface area contributed by atoms with Gasteiger partial charge in [-0.25, -0.2) is 9.37 Å². The second kappa shape index (κ2) is 5.07. The molecule has 3 rings (SSSR count). The number of benzene rings is 1. The minimum absolute atomic E-state index is 0.252. The van der Waals surface area contributed by atoms with Crippen molar-refractivity contribution in [3.8, 4) is 0 Å². The Bertz CT molecular complexity index is 651. The molecule has 5 heteroatoms. The number of hydrogen-bond donors (Lipinski definition) is 1. The maximum atomic E-state index is 13.1. The molecule has 0 bridgehead atoms. The first-order valence-corrected chi connectivity index (χ1v) is 6.64. The average molecular weight is 274 g/mol. The van der Waals surface area contributed by atoms with Crippen LogP contribution in [-0.2, 0) is 24.2 Å². The van der Waals surface area contributed by atoms with E-state index in [0.29, 0.717) is 25.8 Å². The Kier molecular flexibility index (Phi) is 3.26. The van der Waals surface area contributed by atoms with Crippen LogP contribution in [0.5, 0.6) is 0 Å². The van der Waals surface area contributed by atoms with Crippen LogP contribution in [0.15, 0.2) is 30.5 Å². The van der Waals surface area contributed by atoms with Crippen molar-refractivity contribution >= 4 is 5.97 Å². The van der Waals surface area contributed by atoms with Gasteiger partial charge in [-0.1, -0.05) is 12.1 Å². The zero-order valence-electron chi connectivity index (χ0n) is 10.9. The summed E-state index contributed by atoms with van der Waals surface area (Å²) in [6, 6.07) is 6.46. The Morgan fingerprint density at radius 1 is 1.50 bits per heavy atom. The number of carboxylic acid groups (broad SMARTS) is 1. The van der Waals surface area contributed by atoms with Crippen molar-refractivity contribution in [1.29, 1.82) is 0 Å². The highest BCUT2D eigenvalue weighted by atomic mass is 19.1. The molecule has 0 radical (unpaired) electrons. The van der Waals surface area contributed by atoms with Gasteiger partial charge in [0.1, 0.15) is 11.6 Å². The number of fused-ring (bicyclic) bond motifs is 1. The Morgan fingerprint density at radius 3 is 3.10 bits per heavy atom. The normalized spacial score (nSPS) is 17.8. The van der Waals surface area contributed by atoms with Crippen molar-refractivity contribution in [2.24, 2.45) is 5.92 Å². The zero-order chi connectivity index (χ0) is 14.1. The maximum Gasteiger partial charge on any atom is 0.307 e. The third-order valence-electron chi connectivity index (χ3n) is 3.68. The summed E-state index contributed by atoms with van der Waals surface area (Å²) < 4.78 is 15.2. The van der Waals surface area contributed by atoms with Crippen LogP contribution in [-0.4, -0.2) is 20.6 Å². The molecule has 1 aliphatic heterocycles. The number of hydrogen-bond acceptors (Lipinski definition) is 2. The average Bonchev–Trinajstić information content (AvgIpc) is 2.79. The second-order valence-electron chi connectivity index (χ2n) is 5.18. The topological polar surface area (TPSA) is 55.1 Å². The quantitative estimate of drug-likeness (QED) is 0.934. The molecule has 0 saturated carbocycles. The zero-order valence-corrected chi connectivity index (χ0v) is 10.9. The molecule has 0 saturated heterocycles. The number of nitrogens with zero attached hydrogens (tertiary/aromatic N) is 2. The van der Waals surface area contributed by atoms with Crippen molar-refractivity contribution in [2.45, 2.75) is 25.8 Å². The molecule has 20 heavy (non-hydrogen) atoms. The molecule has 1 N–H and O–H groups in total. The first kappa shape index (κ1) is 12.8. The molecule has 0 aliphatic carbocycles. The summed E-state index contributed by atoms with van der Waals surface area (Å²) in [6.07, 6.45) is 3.62. The van der Waals surface area contributed by atoms with Gasteiger partial charge in [0.2, 0.25) is 0 Å². The number of rotatable bonds is 3. The van der Waals surface area contributed by atoms with E-state index in [1.54, 1.807) is 6.07 Å². The van der Waals surface area contributed by atoms with Gasteiger partial charge >= 0.3 is 5.97 Å². The van der Waals surface area contributed by atoms with Crippen molar-refractivity contribution in [3.05, 3.63) is 53.4 Å². The summed E-state index contributed by atoms with van der Waals surface area (Å²) in [6.45, 7) is 0.683. The summed E-state index contributed by atoms with van der Waals surface area (Å²) in [7, 11) is 0. The summed E-state index contributed by atoms with van der Waals surface area (Å²) in [5.74, 6) is -0.537. The maximum absolute atomic E-state index is 13.1. The summed E-state index contributed by atoms with van der Waals surface area (Å²) in [5.41, 5.74) is 1.73. The molecule has 1 aromatic heterocycles. The molecule has 2 aromatic rings. The number of aliphatic carboxylic acids is 1. The van der Waals surface area contributed by atoms with E-state index < -0.39 is 5.97 Å². The number of carboxylic acids is 1.